The number of carbonyl (C=O) groups excluding carboxylic acids is 1. The van der Waals surface area contributed by atoms with Crippen LogP contribution in [0.3, 0.4) is 0 Å². The monoisotopic (exact) mass is 297 g/mol. The van der Waals surface area contributed by atoms with Crippen LogP contribution in [-0.2, 0) is 6.61 Å². The maximum Gasteiger partial charge on any atom is 0.249 e. The van der Waals surface area contributed by atoms with E-state index in [4.69, 9.17) is 22.1 Å². The van der Waals surface area contributed by atoms with Crippen molar-refractivity contribution >= 4 is 17.5 Å². The van der Waals surface area contributed by atoms with E-state index in [1.54, 1.807) is 12.1 Å². The van der Waals surface area contributed by atoms with Gasteiger partial charge in [-0.1, -0.05) is 23.7 Å². The first-order chi connectivity index (χ1) is 9.49. The van der Waals surface area contributed by atoms with Gasteiger partial charge in [0.15, 0.2) is 11.6 Å². The third kappa shape index (κ3) is 3.05. The van der Waals surface area contributed by atoms with Crippen molar-refractivity contribution in [3.05, 3.63) is 64.2 Å². The first kappa shape index (κ1) is 14.3. The normalized spacial score (nSPS) is 10.3. The summed E-state index contributed by atoms with van der Waals surface area (Å²) in [4.78, 5) is 11.3. The average molecular weight is 298 g/mol. The van der Waals surface area contributed by atoms with Gasteiger partial charge >= 0.3 is 0 Å². The fraction of sp³-hybridized carbons (Fsp3) is 0.0714. The van der Waals surface area contributed by atoms with E-state index in [-0.39, 0.29) is 17.9 Å². The van der Waals surface area contributed by atoms with E-state index in [0.29, 0.717) is 10.6 Å². The molecular formula is C14H10ClF2NO2. The molecule has 0 bridgehead atoms. The Morgan fingerprint density at radius 1 is 1.25 bits per heavy atom. The highest BCUT2D eigenvalue weighted by Gasteiger charge is 2.12. The number of nitrogens with two attached hydrogens (primary N) is 1. The van der Waals surface area contributed by atoms with Crippen LogP contribution in [0.25, 0.3) is 0 Å². The maximum atomic E-state index is 13.4. The molecule has 0 atom stereocenters. The minimum Gasteiger partial charge on any atom is -0.486 e. The van der Waals surface area contributed by atoms with Crippen LogP contribution in [-0.4, -0.2) is 5.91 Å². The molecule has 0 aliphatic rings. The molecule has 0 heterocycles. The Morgan fingerprint density at radius 3 is 2.70 bits per heavy atom. The predicted molar refractivity (Wildman–Crippen MR) is 70.7 cm³/mol. The molecule has 0 radical (unpaired) electrons. The topological polar surface area (TPSA) is 52.3 Å². The Balaban J connectivity index is 2.23. The van der Waals surface area contributed by atoms with Crippen molar-refractivity contribution in [2.45, 2.75) is 6.61 Å². The van der Waals surface area contributed by atoms with E-state index >= 15 is 0 Å². The quantitative estimate of drug-likeness (QED) is 0.941. The van der Waals surface area contributed by atoms with Crippen LogP contribution in [0.15, 0.2) is 36.4 Å². The molecule has 3 nitrogen and oxygen atoms in total. The molecule has 0 unspecified atom stereocenters. The highest BCUT2D eigenvalue weighted by atomic mass is 35.5. The molecule has 20 heavy (non-hydrogen) atoms. The number of halogens is 3. The van der Waals surface area contributed by atoms with Gasteiger partial charge in [0.1, 0.15) is 6.61 Å². The summed E-state index contributed by atoms with van der Waals surface area (Å²) in [5, 5.41) is 0.347. The number of hydrogen-bond donors (Lipinski definition) is 1. The zero-order valence-corrected chi connectivity index (χ0v) is 11.0. The van der Waals surface area contributed by atoms with Gasteiger partial charge in [0.25, 0.3) is 0 Å². The zero-order chi connectivity index (χ0) is 14.7. The first-order valence-corrected chi connectivity index (χ1v) is 6.02. The van der Waals surface area contributed by atoms with Crippen molar-refractivity contribution in [2.24, 2.45) is 5.73 Å². The number of ether oxygens (including phenoxy) is 1. The molecule has 0 fully saturated rings. The highest BCUT2D eigenvalue weighted by molar-refractivity contribution is 6.31. The van der Waals surface area contributed by atoms with Crippen LogP contribution in [0.2, 0.25) is 5.02 Å². The van der Waals surface area contributed by atoms with Gasteiger partial charge < -0.3 is 10.5 Å². The Morgan fingerprint density at radius 2 is 2.00 bits per heavy atom. The van der Waals surface area contributed by atoms with Gasteiger partial charge in [-0.15, -0.1) is 0 Å². The number of carbonyl (C=O) groups is 1. The average Bonchev–Trinajstić information content (AvgIpc) is 2.41. The number of benzene rings is 2. The molecule has 1 amide bonds. The zero-order valence-electron chi connectivity index (χ0n) is 10.2. The van der Waals surface area contributed by atoms with E-state index in [2.05, 4.69) is 0 Å². The van der Waals surface area contributed by atoms with Gasteiger partial charge in [-0.05, 0) is 24.3 Å². The lowest BCUT2D eigenvalue weighted by molar-refractivity contribution is 0.0998. The molecule has 2 aromatic rings. The summed E-state index contributed by atoms with van der Waals surface area (Å²) < 4.78 is 31.6. The SMILES string of the molecule is NC(=O)c1cc(Cl)ccc1COc1cccc(F)c1F. The minimum absolute atomic E-state index is 0.129. The second-order valence-corrected chi connectivity index (χ2v) is 4.44. The fourth-order valence-corrected chi connectivity index (χ4v) is 1.83. The Bertz CT molecular complexity index is 662. The summed E-state index contributed by atoms with van der Waals surface area (Å²) in [5.74, 6) is -3.00. The molecule has 0 saturated heterocycles. The predicted octanol–water partition coefficient (Wildman–Crippen LogP) is 3.30. The second-order valence-electron chi connectivity index (χ2n) is 4.01. The highest BCUT2D eigenvalue weighted by Crippen LogP contribution is 2.22. The molecule has 2 rings (SSSR count). The van der Waals surface area contributed by atoms with Gasteiger partial charge in [0.2, 0.25) is 11.7 Å². The van der Waals surface area contributed by atoms with Gasteiger partial charge in [0, 0.05) is 16.1 Å². The summed E-state index contributed by atoms with van der Waals surface area (Å²) in [6.07, 6.45) is 0. The summed E-state index contributed by atoms with van der Waals surface area (Å²) in [5.41, 5.74) is 5.83. The molecule has 6 heteroatoms. The van der Waals surface area contributed by atoms with Crippen LogP contribution in [0, 0.1) is 11.6 Å². The maximum absolute atomic E-state index is 13.4. The Hall–Kier alpha value is -2.14. The Labute approximate surface area is 118 Å². The molecule has 2 aromatic carbocycles. The smallest absolute Gasteiger partial charge is 0.249 e. The van der Waals surface area contributed by atoms with E-state index in [1.807, 2.05) is 0 Å². The van der Waals surface area contributed by atoms with Gasteiger partial charge in [-0.3, -0.25) is 4.79 Å². The largest absolute Gasteiger partial charge is 0.486 e. The van der Waals surface area contributed by atoms with Crippen molar-refractivity contribution in [3.8, 4) is 5.75 Å². The van der Waals surface area contributed by atoms with Gasteiger partial charge in [-0.25, -0.2) is 4.39 Å². The van der Waals surface area contributed by atoms with E-state index < -0.39 is 17.5 Å². The van der Waals surface area contributed by atoms with E-state index in [9.17, 15) is 13.6 Å². The fourth-order valence-electron chi connectivity index (χ4n) is 1.65. The molecule has 2 N–H and O–H groups in total. The lowest BCUT2D eigenvalue weighted by Gasteiger charge is -2.10. The van der Waals surface area contributed by atoms with Crippen LogP contribution < -0.4 is 10.5 Å². The standard InChI is InChI=1S/C14H10ClF2NO2/c15-9-5-4-8(10(6-9)14(18)19)7-20-12-3-1-2-11(16)13(12)17/h1-6H,7H2,(H2,18,19). The van der Waals surface area contributed by atoms with Crippen LogP contribution in [0.1, 0.15) is 15.9 Å². The van der Waals surface area contributed by atoms with E-state index in [0.717, 1.165) is 6.07 Å². The van der Waals surface area contributed by atoms with Crippen LogP contribution >= 0.6 is 11.6 Å². The van der Waals surface area contributed by atoms with Crippen molar-refractivity contribution in [3.63, 3.8) is 0 Å². The second kappa shape index (κ2) is 5.88. The van der Waals surface area contributed by atoms with Crippen molar-refractivity contribution < 1.29 is 18.3 Å². The molecule has 0 aliphatic carbocycles. The van der Waals surface area contributed by atoms with Crippen molar-refractivity contribution in [2.75, 3.05) is 0 Å². The Kier molecular flexibility index (Phi) is 4.20. The van der Waals surface area contributed by atoms with Gasteiger partial charge in [0.05, 0.1) is 0 Å². The number of hydrogen-bond acceptors (Lipinski definition) is 2. The van der Waals surface area contributed by atoms with Crippen LogP contribution in [0.5, 0.6) is 5.75 Å². The molecule has 0 aromatic heterocycles. The third-order valence-electron chi connectivity index (χ3n) is 2.64. The molecule has 0 spiro atoms. The summed E-state index contributed by atoms with van der Waals surface area (Å²) in [7, 11) is 0. The lowest BCUT2D eigenvalue weighted by Crippen LogP contribution is -2.15. The van der Waals surface area contributed by atoms with Crippen molar-refractivity contribution in [1.82, 2.24) is 0 Å². The number of amides is 1. The number of rotatable bonds is 4. The summed E-state index contributed by atoms with van der Waals surface area (Å²) in [6, 6.07) is 8.08. The third-order valence-corrected chi connectivity index (χ3v) is 2.87. The minimum atomic E-state index is -1.08. The molecule has 0 saturated carbocycles. The molecule has 0 aliphatic heterocycles. The van der Waals surface area contributed by atoms with Gasteiger partial charge in [-0.2, -0.15) is 4.39 Å². The first-order valence-electron chi connectivity index (χ1n) is 5.64. The molecular weight excluding hydrogens is 288 g/mol. The summed E-state index contributed by atoms with van der Waals surface area (Å²) >= 11 is 5.77. The number of primary amides is 1. The summed E-state index contributed by atoms with van der Waals surface area (Å²) in [6.45, 7) is -0.129. The van der Waals surface area contributed by atoms with Crippen molar-refractivity contribution in [1.29, 1.82) is 0 Å². The van der Waals surface area contributed by atoms with E-state index in [1.165, 1.54) is 18.2 Å². The lowest BCUT2D eigenvalue weighted by atomic mass is 10.1. The van der Waals surface area contributed by atoms with Crippen LogP contribution in [0.4, 0.5) is 8.78 Å². The molecule has 104 valence electrons.